The largest absolute Gasteiger partial charge is 0.493 e. The van der Waals surface area contributed by atoms with Crippen molar-refractivity contribution >= 4 is 5.91 Å². The number of carbonyl (C=O) groups is 1. The van der Waals surface area contributed by atoms with Crippen molar-refractivity contribution in [2.24, 2.45) is 0 Å². The zero-order valence-electron chi connectivity index (χ0n) is 14.0. The van der Waals surface area contributed by atoms with Gasteiger partial charge in [0.15, 0.2) is 23.0 Å². The number of hydrogen-bond acceptors (Lipinski definition) is 5. The molecule has 0 saturated carbocycles. The predicted molar refractivity (Wildman–Crippen MR) is 92.7 cm³/mol. The molecular formula is C19H18N2O4. The molecule has 0 unspecified atom stereocenters. The molecule has 1 aromatic heterocycles. The summed E-state index contributed by atoms with van der Waals surface area (Å²) in [5, 5.41) is 6.65. The van der Waals surface area contributed by atoms with E-state index >= 15 is 0 Å². The maximum absolute atomic E-state index is 12.3. The van der Waals surface area contributed by atoms with Gasteiger partial charge in [-0.05, 0) is 17.7 Å². The smallest absolute Gasteiger partial charge is 0.273 e. The highest BCUT2D eigenvalue weighted by molar-refractivity contribution is 5.93. The van der Waals surface area contributed by atoms with Gasteiger partial charge in [-0.25, -0.2) is 0 Å². The second-order valence-electron chi connectivity index (χ2n) is 5.31. The van der Waals surface area contributed by atoms with Crippen LogP contribution in [0.5, 0.6) is 11.5 Å². The van der Waals surface area contributed by atoms with Crippen molar-refractivity contribution in [3.8, 4) is 22.8 Å². The first-order valence-corrected chi connectivity index (χ1v) is 7.72. The van der Waals surface area contributed by atoms with Gasteiger partial charge in [-0.1, -0.05) is 41.6 Å². The van der Waals surface area contributed by atoms with Crippen molar-refractivity contribution < 1.29 is 18.8 Å². The van der Waals surface area contributed by atoms with Crippen molar-refractivity contribution in [3.63, 3.8) is 0 Å². The van der Waals surface area contributed by atoms with E-state index in [1.165, 1.54) is 0 Å². The van der Waals surface area contributed by atoms with E-state index in [-0.39, 0.29) is 11.6 Å². The molecule has 0 fully saturated rings. The molecule has 3 aromatic rings. The first-order valence-electron chi connectivity index (χ1n) is 7.72. The van der Waals surface area contributed by atoms with Crippen molar-refractivity contribution in [2.75, 3.05) is 14.2 Å². The standard InChI is InChI=1S/C19H18N2O4/c1-23-16-9-8-13(10-18(16)24-2)12-20-19(22)15-11-17(25-21-15)14-6-4-3-5-7-14/h3-11H,12H2,1-2H3,(H,20,22). The lowest BCUT2D eigenvalue weighted by molar-refractivity contribution is 0.0942. The highest BCUT2D eigenvalue weighted by Crippen LogP contribution is 2.27. The summed E-state index contributed by atoms with van der Waals surface area (Å²) >= 11 is 0. The molecular weight excluding hydrogens is 320 g/mol. The molecule has 0 aliphatic heterocycles. The number of rotatable bonds is 6. The lowest BCUT2D eigenvalue weighted by Crippen LogP contribution is -2.23. The van der Waals surface area contributed by atoms with Crippen LogP contribution in [0.4, 0.5) is 0 Å². The second kappa shape index (κ2) is 7.53. The Morgan fingerprint density at radius 1 is 1.04 bits per heavy atom. The molecule has 6 nitrogen and oxygen atoms in total. The Balaban J connectivity index is 1.66. The fourth-order valence-electron chi connectivity index (χ4n) is 2.38. The number of benzene rings is 2. The van der Waals surface area contributed by atoms with E-state index in [0.717, 1.165) is 11.1 Å². The Hall–Kier alpha value is -3.28. The third-order valence-corrected chi connectivity index (χ3v) is 3.70. The van der Waals surface area contributed by atoms with Crippen LogP contribution in [0.25, 0.3) is 11.3 Å². The second-order valence-corrected chi connectivity index (χ2v) is 5.31. The van der Waals surface area contributed by atoms with Crippen molar-refractivity contribution in [1.29, 1.82) is 0 Å². The van der Waals surface area contributed by atoms with Crippen LogP contribution in [0, 0.1) is 0 Å². The molecule has 0 spiro atoms. The number of aromatic nitrogens is 1. The van der Waals surface area contributed by atoms with Gasteiger partial charge in [0.2, 0.25) is 0 Å². The van der Waals surface area contributed by atoms with Crippen LogP contribution in [0.2, 0.25) is 0 Å². The summed E-state index contributed by atoms with van der Waals surface area (Å²) in [5.41, 5.74) is 1.99. The van der Waals surface area contributed by atoms with E-state index in [0.29, 0.717) is 23.8 Å². The molecule has 128 valence electrons. The van der Waals surface area contributed by atoms with Crippen LogP contribution in [-0.4, -0.2) is 25.3 Å². The maximum atomic E-state index is 12.3. The molecule has 0 bridgehead atoms. The third-order valence-electron chi connectivity index (χ3n) is 3.70. The molecule has 0 atom stereocenters. The molecule has 0 radical (unpaired) electrons. The molecule has 3 rings (SSSR count). The predicted octanol–water partition coefficient (Wildman–Crippen LogP) is 3.29. The average molecular weight is 338 g/mol. The minimum Gasteiger partial charge on any atom is -0.493 e. The molecule has 1 heterocycles. The quantitative estimate of drug-likeness (QED) is 0.746. The number of ether oxygens (including phenoxy) is 2. The fraction of sp³-hybridized carbons (Fsp3) is 0.158. The highest BCUT2D eigenvalue weighted by Gasteiger charge is 2.14. The molecule has 0 aliphatic carbocycles. The highest BCUT2D eigenvalue weighted by atomic mass is 16.5. The minimum atomic E-state index is -0.305. The number of methoxy groups -OCH3 is 2. The van der Waals surface area contributed by atoms with Crippen molar-refractivity contribution in [1.82, 2.24) is 10.5 Å². The SMILES string of the molecule is COc1ccc(CNC(=O)c2cc(-c3ccccc3)on2)cc1OC. The van der Waals surface area contributed by atoms with Gasteiger partial charge in [0.05, 0.1) is 14.2 Å². The number of carbonyl (C=O) groups excluding carboxylic acids is 1. The van der Waals surface area contributed by atoms with Gasteiger partial charge < -0.3 is 19.3 Å². The van der Waals surface area contributed by atoms with Crippen LogP contribution >= 0.6 is 0 Å². The number of amides is 1. The summed E-state index contributed by atoms with van der Waals surface area (Å²) < 4.78 is 15.7. The fourth-order valence-corrected chi connectivity index (χ4v) is 2.38. The lowest BCUT2D eigenvalue weighted by atomic mass is 10.1. The van der Waals surface area contributed by atoms with E-state index in [1.807, 2.05) is 42.5 Å². The average Bonchev–Trinajstić information content (AvgIpc) is 3.17. The molecule has 25 heavy (non-hydrogen) atoms. The van der Waals surface area contributed by atoms with Crippen molar-refractivity contribution in [2.45, 2.75) is 6.54 Å². The van der Waals surface area contributed by atoms with Crippen LogP contribution in [0.15, 0.2) is 59.1 Å². The van der Waals surface area contributed by atoms with E-state index in [2.05, 4.69) is 10.5 Å². The normalized spacial score (nSPS) is 10.3. The monoisotopic (exact) mass is 338 g/mol. The Morgan fingerprint density at radius 3 is 2.52 bits per heavy atom. The Morgan fingerprint density at radius 2 is 1.80 bits per heavy atom. The van der Waals surface area contributed by atoms with E-state index in [9.17, 15) is 4.79 Å². The first-order chi connectivity index (χ1) is 12.2. The molecule has 0 aliphatic rings. The summed E-state index contributed by atoms with van der Waals surface area (Å²) in [4.78, 5) is 12.3. The molecule has 6 heteroatoms. The molecule has 2 aromatic carbocycles. The van der Waals surface area contributed by atoms with Gasteiger partial charge in [0.25, 0.3) is 5.91 Å². The minimum absolute atomic E-state index is 0.235. The van der Waals surface area contributed by atoms with E-state index in [4.69, 9.17) is 14.0 Å². The van der Waals surface area contributed by atoms with E-state index < -0.39 is 0 Å². The Labute approximate surface area is 145 Å². The summed E-state index contributed by atoms with van der Waals surface area (Å²) in [6, 6.07) is 16.6. The number of nitrogens with zero attached hydrogens (tertiary/aromatic N) is 1. The summed E-state index contributed by atoms with van der Waals surface area (Å²) in [5.74, 6) is 1.50. The van der Waals surface area contributed by atoms with Crippen LogP contribution in [-0.2, 0) is 6.54 Å². The third kappa shape index (κ3) is 3.80. The van der Waals surface area contributed by atoms with Gasteiger partial charge in [0, 0.05) is 18.2 Å². The topological polar surface area (TPSA) is 73.6 Å². The maximum Gasteiger partial charge on any atom is 0.273 e. The summed E-state index contributed by atoms with van der Waals surface area (Å²) in [6.45, 7) is 0.340. The van der Waals surface area contributed by atoms with E-state index in [1.54, 1.807) is 26.4 Å². The zero-order chi connectivity index (χ0) is 17.6. The van der Waals surface area contributed by atoms with Gasteiger partial charge >= 0.3 is 0 Å². The van der Waals surface area contributed by atoms with Gasteiger partial charge in [-0.2, -0.15) is 0 Å². The zero-order valence-corrected chi connectivity index (χ0v) is 14.0. The summed E-state index contributed by atoms with van der Waals surface area (Å²) in [6.07, 6.45) is 0. The lowest BCUT2D eigenvalue weighted by Gasteiger charge is -2.09. The van der Waals surface area contributed by atoms with Crippen LogP contribution < -0.4 is 14.8 Å². The Bertz CT molecular complexity index is 859. The molecule has 1 amide bonds. The first kappa shape index (κ1) is 16.6. The van der Waals surface area contributed by atoms with Gasteiger partial charge in [-0.15, -0.1) is 0 Å². The Kier molecular flexibility index (Phi) is 4.99. The number of hydrogen-bond donors (Lipinski definition) is 1. The van der Waals surface area contributed by atoms with Gasteiger partial charge in [0.1, 0.15) is 0 Å². The van der Waals surface area contributed by atoms with Gasteiger partial charge in [-0.3, -0.25) is 4.79 Å². The van der Waals surface area contributed by atoms with Crippen LogP contribution in [0.1, 0.15) is 16.1 Å². The van der Waals surface area contributed by atoms with Crippen molar-refractivity contribution in [3.05, 3.63) is 65.9 Å². The molecule has 0 saturated heterocycles. The summed E-state index contributed by atoms with van der Waals surface area (Å²) in [7, 11) is 3.15. The molecule has 1 N–H and O–H groups in total. The number of nitrogens with one attached hydrogen (secondary N) is 1. The van der Waals surface area contributed by atoms with Crippen LogP contribution in [0.3, 0.4) is 0 Å².